The third-order valence-corrected chi connectivity index (χ3v) is 6.58. The fraction of sp³-hybridized carbons (Fsp3) is 0.778. The summed E-state index contributed by atoms with van der Waals surface area (Å²) < 4.78 is 1.84. The summed E-state index contributed by atoms with van der Waals surface area (Å²) in [6, 6.07) is 0.468. The quantitative estimate of drug-likeness (QED) is 0.414. The summed E-state index contributed by atoms with van der Waals surface area (Å²) in [6.45, 7) is 5.65. The van der Waals surface area contributed by atoms with Gasteiger partial charge in [0.25, 0.3) is 0 Å². The molecule has 3 N–H and O–H groups in total. The first-order chi connectivity index (χ1) is 13.0. The maximum absolute atomic E-state index is 12.0. The van der Waals surface area contributed by atoms with Crippen LogP contribution in [0.2, 0.25) is 0 Å². The highest BCUT2D eigenvalue weighted by Crippen LogP contribution is 2.33. The standard InChI is InChI=1S/C18H30N6O2S/c1-12(2)7-8-24-10-13(22-23-24)9-19-16(25)6-4-3-5-15-17-14(11-27-15)20-18(26)21-17/h10,12,14-15,17H,3-9,11H2,1-2H3,(H,19,25)(H2,20,21,26)/t14-,15?,17-/m0/s1. The van der Waals surface area contributed by atoms with E-state index >= 15 is 0 Å². The van der Waals surface area contributed by atoms with Gasteiger partial charge in [-0.2, -0.15) is 11.8 Å². The Morgan fingerprint density at radius 3 is 3.07 bits per heavy atom. The van der Waals surface area contributed by atoms with E-state index in [0.29, 0.717) is 24.1 Å². The molecule has 0 saturated carbocycles. The fourth-order valence-corrected chi connectivity index (χ4v) is 5.01. The molecule has 0 aliphatic carbocycles. The Balaban J connectivity index is 1.27. The van der Waals surface area contributed by atoms with Gasteiger partial charge in [-0.05, 0) is 25.2 Å². The molecule has 0 radical (unpaired) electrons. The number of aromatic nitrogens is 3. The van der Waals surface area contributed by atoms with E-state index in [-0.39, 0.29) is 24.0 Å². The van der Waals surface area contributed by atoms with E-state index in [9.17, 15) is 9.59 Å². The molecule has 150 valence electrons. The van der Waals surface area contributed by atoms with E-state index in [0.717, 1.165) is 43.7 Å². The SMILES string of the molecule is CC(C)CCn1cc(CNC(=O)CCCCC2SC[C@@H]3NC(=O)N[C@H]23)nn1. The average Bonchev–Trinajstić information content (AvgIpc) is 3.31. The molecule has 3 rings (SSSR count). The highest BCUT2D eigenvalue weighted by molar-refractivity contribution is 8.00. The van der Waals surface area contributed by atoms with Gasteiger partial charge in [0.2, 0.25) is 5.91 Å². The molecule has 0 aromatic carbocycles. The summed E-state index contributed by atoms with van der Waals surface area (Å²) >= 11 is 1.92. The van der Waals surface area contributed by atoms with Crippen molar-refractivity contribution in [3.05, 3.63) is 11.9 Å². The Labute approximate surface area is 164 Å². The van der Waals surface area contributed by atoms with Gasteiger partial charge in [0.1, 0.15) is 5.69 Å². The number of fused-ring (bicyclic) bond motifs is 1. The number of hydrogen-bond acceptors (Lipinski definition) is 5. The maximum Gasteiger partial charge on any atom is 0.315 e. The number of carbonyl (C=O) groups is 2. The van der Waals surface area contributed by atoms with Gasteiger partial charge in [-0.3, -0.25) is 9.48 Å². The van der Waals surface area contributed by atoms with Crippen LogP contribution in [0.1, 0.15) is 51.6 Å². The Morgan fingerprint density at radius 1 is 1.41 bits per heavy atom. The molecule has 1 aromatic heterocycles. The smallest absolute Gasteiger partial charge is 0.315 e. The van der Waals surface area contributed by atoms with Crippen LogP contribution < -0.4 is 16.0 Å². The first-order valence-corrected chi connectivity index (χ1v) is 10.9. The van der Waals surface area contributed by atoms with Crippen LogP contribution in [-0.2, 0) is 17.9 Å². The zero-order chi connectivity index (χ0) is 19.2. The Kier molecular flexibility index (Phi) is 6.98. The van der Waals surface area contributed by atoms with Crippen molar-refractivity contribution in [2.24, 2.45) is 5.92 Å². The average molecular weight is 395 g/mol. The first-order valence-electron chi connectivity index (χ1n) is 9.85. The molecule has 3 heterocycles. The number of nitrogens with one attached hydrogen (secondary N) is 3. The van der Waals surface area contributed by atoms with Gasteiger partial charge < -0.3 is 16.0 Å². The zero-order valence-electron chi connectivity index (χ0n) is 16.1. The molecular weight excluding hydrogens is 364 g/mol. The summed E-state index contributed by atoms with van der Waals surface area (Å²) in [5.41, 5.74) is 0.796. The van der Waals surface area contributed by atoms with Crippen LogP contribution in [0.15, 0.2) is 6.20 Å². The molecule has 0 bridgehead atoms. The topological polar surface area (TPSA) is 101 Å². The van der Waals surface area contributed by atoms with Crippen LogP contribution in [0.5, 0.6) is 0 Å². The van der Waals surface area contributed by atoms with Crippen LogP contribution >= 0.6 is 11.8 Å². The Bertz CT molecular complexity index is 650. The number of aryl methyl sites for hydroxylation is 1. The van der Waals surface area contributed by atoms with Crippen molar-refractivity contribution in [3.63, 3.8) is 0 Å². The van der Waals surface area contributed by atoms with Gasteiger partial charge in [0.15, 0.2) is 0 Å². The normalized spacial score (nSPS) is 24.0. The third-order valence-electron chi connectivity index (χ3n) is 5.07. The van der Waals surface area contributed by atoms with E-state index in [2.05, 4.69) is 40.1 Å². The molecule has 2 aliphatic heterocycles. The fourth-order valence-electron chi connectivity index (χ4n) is 3.47. The van der Waals surface area contributed by atoms with E-state index in [1.54, 1.807) is 0 Å². The van der Waals surface area contributed by atoms with E-state index < -0.39 is 0 Å². The van der Waals surface area contributed by atoms with Crippen molar-refractivity contribution >= 4 is 23.7 Å². The zero-order valence-corrected chi connectivity index (χ0v) is 16.9. The predicted octanol–water partition coefficient (Wildman–Crippen LogP) is 1.67. The van der Waals surface area contributed by atoms with Gasteiger partial charge in [0, 0.05) is 24.0 Å². The lowest BCUT2D eigenvalue weighted by atomic mass is 10.0. The number of nitrogens with zero attached hydrogens (tertiary/aromatic N) is 3. The number of thioether (sulfide) groups is 1. The van der Waals surface area contributed by atoms with Crippen molar-refractivity contribution < 1.29 is 9.59 Å². The van der Waals surface area contributed by atoms with Crippen molar-refractivity contribution in [2.45, 2.75) is 76.4 Å². The summed E-state index contributed by atoms with van der Waals surface area (Å²) in [7, 11) is 0. The van der Waals surface area contributed by atoms with Gasteiger partial charge in [-0.25, -0.2) is 4.79 Å². The number of unbranched alkanes of at least 4 members (excludes halogenated alkanes) is 1. The minimum absolute atomic E-state index is 0.0455. The second-order valence-corrected chi connectivity index (χ2v) is 9.07. The number of carbonyl (C=O) groups excluding carboxylic acids is 2. The summed E-state index contributed by atoms with van der Waals surface area (Å²) in [6.07, 6.45) is 6.39. The van der Waals surface area contributed by atoms with Crippen LogP contribution in [0.3, 0.4) is 0 Å². The maximum atomic E-state index is 12.0. The van der Waals surface area contributed by atoms with Crippen LogP contribution in [0.25, 0.3) is 0 Å². The molecule has 8 nitrogen and oxygen atoms in total. The molecule has 1 aromatic rings. The van der Waals surface area contributed by atoms with Crippen LogP contribution in [-0.4, -0.2) is 50.0 Å². The number of urea groups is 1. The first kappa shape index (κ1) is 20.0. The monoisotopic (exact) mass is 394 g/mol. The molecule has 27 heavy (non-hydrogen) atoms. The van der Waals surface area contributed by atoms with Gasteiger partial charge in [-0.1, -0.05) is 25.5 Å². The van der Waals surface area contributed by atoms with E-state index in [1.807, 2.05) is 22.6 Å². The molecule has 2 aliphatic rings. The number of hydrogen-bond donors (Lipinski definition) is 3. The van der Waals surface area contributed by atoms with Crippen LogP contribution in [0.4, 0.5) is 4.79 Å². The molecule has 2 saturated heterocycles. The van der Waals surface area contributed by atoms with Gasteiger partial charge >= 0.3 is 6.03 Å². The highest BCUT2D eigenvalue weighted by Gasteiger charge is 2.42. The summed E-state index contributed by atoms with van der Waals surface area (Å²) in [5, 5.41) is 17.5. The predicted molar refractivity (Wildman–Crippen MR) is 105 cm³/mol. The van der Waals surface area contributed by atoms with Gasteiger partial charge in [-0.15, -0.1) is 5.10 Å². The second-order valence-electron chi connectivity index (χ2n) is 7.80. The lowest BCUT2D eigenvalue weighted by Gasteiger charge is -2.16. The van der Waals surface area contributed by atoms with E-state index in [4.69, 9.17) is 0 Å². The van der Waals surface area contributed by atoms with Crippen molar-refractivity contribution in [3.8, 4) is 0 Å². The minimum Gasteiger partial charge on any atom is -0.350 e. The lowest BCUT2D eigenvalue weighted by molar-refractivity contribution is -0.121. The molecule has 3 atom stereocenters. The Morgan fingerprint density at radius 2 is 2.26 bits per heavy atom. The number of rotatable bonds is 10. The van der Waals surface area contributed by atoms with Crippen molar-refractivity contribution in [2.75, 3.05) is 5.75 Å². The summed E-state index contributed by atoms with van der Waals surface area (Å²) in [5.74, 6) is 1.67. The molecule has 1 unspecified atom stereocenters. The summed E-state index contributed by atoms with van der Waals surface area (Å²) in [4.78, 5) is 23.4. The minimum atomic E-state index is -0.0455. The lowest BCUT2D eigenvalue weighted by Crippen LogP contribution is -2.36. The second kappa shape index (κ2) is 9.43. The van der Waals surface area contributed by atoms with Crippen LogP contribution in [0, 0.1) is 5.92 Å². The molecule has 9 heteroatoms. The Hall–Kier alpha value is -1.77. The van der Waals surface area contributed by atoms with E-state index in [1.165, 1.54) is 0 Å². The highest BCUT2D eigenvalue weighted by atomic mass is 32.2. The number of amides is 3. The van der Waals surface area contributed by atoms with Gasteiger partial charge in [0.05, 0.1) is 24.8 Å². The van der Waals surface area contributed by atoms with Crippen molar-refractivity contribution in [1.29, 1.82) is 0 Å². The molecule has 3 amide bonds. The third kappa shape index (κ3) is 5.85. The molecule has 0 spiro atoms. The van der Waals surface area contributed by atoms with Crippen molar-refractivity contribution in [1.82, 2.24) is 30.9 Å². The molecular formula is C18H30N6O2S. The molecule has 2 fully saturated rings. The largest absolute Gasteiger partial charge is 0.350 e.